The molecule has 7 heteroatoms. The summed E-state index contributed by atoms with van der Waals surface area (Å²) in [4.78, 5) is 9.32. The van der Waals surface area contributed by atoms with E-state index < -0.39 is 0 Å². The van der Waals surface area contributed by atoms with Gasteiger partial charge in [0.1, 0.15) is 5.75 Å². The lowest BCUT2D eigenvalue weighted by atomic mass is 10.1. The van der Waals surface area contributed by atoms with Gasteiger partial charge in [0, 0.05) is 49.3 Å². The fraction of sp³-hybridized carbons (Fsp3) is 0.250. The van der Waals surface area contributed by atoms with Crippen LogP contribution >= 0.6 is 0 Å². The first-order valence-electron chi connectivity index (χ1n) is 10.5. The van der Waals surface area contributed by atoms with Gasteiger partial charge >= 0.3 is 0 Å². The molecule has 0 bridgehead atoms. The van der Waals surface area contributed by atoms with Crippen molar-refractivity contribution in [3.05, 3.63) is 67.0 Å². The van der Waals surface area contributed by atoms with E-state index in [0.717, 1.165) is 54.3 Å². The molecule has 0 atom stereocenters. The van der Waals surface area contributed by atoms with Crippen LogP contribution < -0.4 is 15.0 Å². The van der Waals surface area contributed by atoms with Crippen molar-refractivity contribution in [3.63, 3.8) is 0 Å². The molecule has 2 aromatic heterocycles. The number of fused-ring (bicyclic) bond motifs is 1. The molecule has 1 fully saturated rings. The van der Waals surface area contributed by atoms with Gasteiger partial charge < -0.3 is 19.9 Å². The monoisotopic (exact) mass is 414 g/mol. The summed E-state index contributed by atoms with van der Waals surface area (Å²) < 4.78 is 7.10. The summed E-state index contributed by atoms with van der Waals surface area (Å²) in [5.41, 5.74) is 5.38. The molecule has 1 aliphatic rings. The second kappa shape index (κ2) is 8.28. The van der Waals surface area contributed by atoms with Gasteiger partial charge in [-0.2, -0.15) is 0 Å². The molecule has 3 heterocycles. The van der Waals surface area contributed by atoms with Crippen molar-refractivity contribution >= 4 is 22.8 Å². The fourth-order valence-corrected chi connectivity index (χ4v) is 3.92. The topological polar surface area (TPSA) is 57.9 Å². The largest absolute Gasteiger partial charge is 0.497 e. The van der Waals surface area contributed by atoms with Crippen LogP contribution in [0.25, 0.3) is 16.6 Å². The van der Waals surface area contributed by atoms with Crippen LogP contribution in [0.5, 0.6) is 5.75 Å². The predicted octanol–water partition coefficient (Wildman–Crippen LogP) is 3.90. The molecular formula is C24H26N6O. The van der Waals surface area contributed by atoms with Gasteiger partial charge in [0.15, 0.2) is 0 Å². The maximum Gasteiger partial charge on any atom is 0.245 e. The van der Waals surface area contributed by atoms with Crippen molar-refractivity contribution in [2.45, 2.75) is 0 Å². The lowest BCUT2D eigenvalue weighted by molar-refractivity contribution is 0.313. The maximum atomic E-state index is 5.25. The molecule has 0 aliphatic carbocycles. The van der Waals surface area contributed by atoms with E-state index >= 15 is 0 Å². The SMILES string of the molecule is COc1ccc(-c2ccn3nc(Nc4ccc(N5CCN(C)CC5)cc4)ncc23)cc1. The Hall–Kier alpha value is -3.58. The summed E-state index contributed by atoms with van der Waals surface area (Å²) in [6.45, 7) is 4.33. The van der Waals surface area contributed by atoms with Crippen molar-refractivity contribution in [3.8, 4) is 16.9 Å². The van der Waals surface area contributed by atoms with Crippen LogP contribution in [-0.2, 0) is 0 Å². The number of hydrogen-bond acceptors (Lipinski definition) is 6. The van der Waals surface area contributed by atoms with Crippen LogP contribution in [0.15, 0.2) is 67.0 Å². The van der Waals surface area contributed by atoms with Gasteiger partial charge in [-0.1, -0.05) is 12.1 Å². The van der Waals surface area contributed by atoms with Gasteiger partial charge in [0.05, 0.1) is 18.8 Å². The molecule has 5 rings (SSSR count). The lowest BCUT2D eigenvalue weighted by Crippen LogP contribution is -2.44. The third kappa shape index (κ3) is 4.04. The number of aromatic nitrogens is 3. The highest BCUT2D eigenvalue weighted by atomic mass is 16.5. The second-order valence-corrected chi connectivity index (χ2v) is 7.83. The van der Waals surface area contributed by atoms with Crippen LogP contribution in [0.3, 0.4) is 0 Å². The van der Waals surface area contributed by atoms with Crippen molar-refractivity contribution in [2.75, 3.05) is 50.6 Å². The summed E-state index contributed by atoms with van der Waals surface area (Å²) in [5, 5.41) is 7.94. The molecule has 0 unspecified atom stereocenters. The van der Waals surface area contributed by atoms with E-state index in [1.54, 1.807) is 7.11 Å². The van der Waals surface area contributed by atoms with Gasteiger partial charge in [-0.05, 0) is 55.1 Å². The number of piperazine rings is 1. The Morgan fingerprint density at radius 3 is 2.35 bits per heavy atom. The molecule has 7 nitrogen and oxygen atoms in total. The lowest BCUT2D eigenvalue weighted by Gasteiger charge is -2.34. The quantitative estimate of drug-likeness (QED) is 0.535. The zero-order valence-electron chi connectivity index (χ0n) is 17.8. The summed E-state index contributed by atoms with van der Waals surface area (Å²) in [7, 11) is 3.84. The molecule has 158 valence electrons. The Labute approximate surface area is 181 Å². The van der Waals surface area contributed by atoms with Crippen LogP contribution in [0.1, 0.15) is 0 Å². The van der Waals surface area contributed by atoms with E-state index in [-0.39, 0.29) is 0 Å². The molecule has 1 aliphatic heterocycles. The number of benzene rings is 2. The van der Waals surface area contributed by atoms with Crippen LogP contribution in [0, 0.1) is 0 Å². The number of likely N-dealkylation sites (N-methyl/N-ethyl adjacent to an activating group) is 1. The number of methoxy groups -OCH3 is 1. The molecule has 0 radical (unpaired) electrons. The molecule has 2 aromatic carbocycles. The third-order valence-electron chi connectivity index (χ3n) is 5.81. The molecule has 1 saturated heterocycles. The van der Waals surface area contributed by atoms with Gasteiger partial charge in [-0.25, -0.2) is 9.50 Å². The Kier molecular flexibility index (Phi) is 5.18. The highest BCUT2D eigenvalue weighted by molar-refractivity contribution is 5.80. The molecule has 1 N–H and O–H groups in total. The number of nitrogens with zero attached hydrogens (tertiary/aromatic N) is 5. The zero-order chi connectivity index (χ0) is 21.2. The highest BCUT2D eigenvalue weighted by Crippen LogP contribution is 2.27. The van der Waals surface area contributed by atoms with Crippen molar-refractivity contribution < 1.29 is 4.74 Å². The van der Waals surface area contributed by atoms with Crippen molar-refractivity contribution in [2.24, 2.45) is 0 Å². The Morgan fingerprint density at radius 1 is 0.903 bits per heavy atom. The summed E-state index contributed by atoms with van der Waals surface area (Å²) in [6.07, 6.45) is 3.81. The number of rotatable bonds is 5. The summed E-state index contributed by atoms with van der Waals surface area (Å²) in [5.74, 6) is 1.41. The first-order valence-corrected chi connectivity index (χ1v) is 10.5. The number of hydrogen-bond donors (Lipinski definition) is 1. The molecule has 4 aromatic rings. The summed E-state index contributed by atoms with van der Waals surface area (Å²) >= 11 is 0. The van der Waals surface area contributed by atoms with Crippen LogP contribution in [-0.4, -0.2) is 59.8 Å². The van der Waals surface area contributed by atoms with E-state index in [0.29, 0.717) is 5.95 Å². The summed E-state index contributed by atoms with van der Waals surface area (Å²) in [6, 6.07) is 18.5. The molecule has 31 heavy (non-hydrogen) atoms. The zero-order valence-corrected chi connectivity index (χ0v) is 17.8. The standard InChI is InChI=1S/C24H26N6O/c1-28-13-15-29(16-14-28)20-7-5-19(6-8-20)26-24-25-17-23-22(11-12-30(23)27-24)18-3-9-21(31-2)10-4-18/h3-12,17H,13-16H2,1-2H3,(H,26,27). The van der Waals surface area contributed by atoms with Gasteiger partial charge in [0.25, 0.3) is 0 Å². The molecular weight excluding hydrogens is 388 g/mol. The van der Waals surface area contributed by atoms with Gasteiger partial charge in [-0.15, -0.1) is 5.10 Å². The molecule has 0 spiro atoms. The smallest absolute Gasteiger partial charge is 0.245 e. The fourth-order valence-electron chi connectivity index (χ4n) is 3.92. The van der Waals surface area contributed by atoms with Crippen molar-refractivity contribution in [1.29, 1.82) is 0 Å². The third-order valence-corrected chi connectivity index (χ3v) is 5.81. The van der Waals surface area contributed by atoms with Crippen LogP contribution in [0.2, 0.25) is 0 Å². The Bertz CT molecular complexity index is 1160. The highest BCUT2D eigenvalue weighted by Gasteiger charge is 2.14. The first kappa shape index (κ1) is 19.4. The maximum absolute atomic E-state index is 5.25. The normalized spacial score (nSPS) is 14.7. The second-order valence-electron chi connectivity index (χ2n) is 7.83. The van der Waals surface area contributed by atoms with Gasteiger partial charge in [-0.3, -0.25) is 0 Å². The minimum absolute atomic E-state index is 0.566. The first-order chi connectivity index (χ1) is 15.2. The average molecular weight is 415 g/mol. The van der Waals surface area contributed by atoms with Gasteiger partial charge in [0.2, 0.25) is 5.95 Å². The number of nitrogens with one attached hydrogen (secondary N) is 1. The Balaban J connectivity index is 1.32. The van der Waals surface area contributed by atoms with E-state index in [2.05, 4.69) is 62.6 Å². The number of anilines is 3. The van der Waals surface area contributed by atoms with E-state index in [4.69, 9.17) is 4.74 Å². The minimum Gasteiger partial charge on any atom is -0.497 e. The average Bonchev–Trinajstić information content (AvgIpc) is 3.23. The predicted molar refractivity (Wildman–Crippen MR) is 124 cm³/mol. The van der Waals surface area contributed by atoms with E-state index in [9.17, 15) is 0 Å². The number of ether oxygens (including phenoxy) is 1. The molecule has 0 amide bonds. The van der Waals surface area contributed by atoms with Crippen molar-refractivity contribution in [1.82, 2.24) is 19.5 Å². The van der Waals surface area contributed by atoms with E-state index in [1.807, 2.05) is 41.2 Å². The van der Waals surface area contributed by atoms with E-state index in [1.165, 1.54) is 5.69 Å². The van der Waals surface area contributed by atoms with Crippen LogP contribution in [0.4, 0.5) is 17.3 Å². The Morgan fingerprint density at radius 2 is 1.65 bits per heavy atom. The molecule has 0 saturated carbocycles. The minimum atomic E-state index is 0.566.